The molecule has 10 heteroatoms. The average molecular weight is 463 g/mol. The first-order valence-corrected chi connectivity index (χ1v) is 12.9. The molecule has 2 aromatic carbocycles. The summed E-state index contributed by atoms with van der Waals surface area (Å²) in [6.07, 6.45) is 1.40. The van der Waals surface area contributed by atoms with Crippen LogP contribution < -0.4 is 9.62 Å². The molecule has 1 amide bonds. The molecule has 158 valence electrons. The Bertz CT molecular complexity index is 1070. The van der Waals surface area contributed by atoms with Gasteiger partial charge in [0.1, 0.15) is 6.04 Å². The number of carbonyl (C=O) groups excluding carboxylic acids is 1. The van der Waals surface area contributed by atoms with E-state index in [0.717, 1.165) is 20.7 Å². The molecular formula is C20H22N4O3S3. The molecule has 0 aliphatic carbocycles. The van der Waals surface area contributed by atoms with Gasteiger partial charge in [0.05, 0.1) is 11.9 Å². The Morgan fingerprint density at radius 3 is 2.33 bits per heavy atom. The van der Waals surface area contributed by atoms with Gasteiger partial charge in [0.2, 0.25) is 21.1 Å². The normalized spacial score (nSPS) is 12.3. The number of nitrogens with one attached hydrogen (secondary N) is 1. The van der Waals surface area contributed by atoms with E-state index in [1.54, 1.807) is 37.3 Å². The zero-order chi connectivity index (χ0) is 21.6. The molecule has 7 nitrogen and oxygen atoms in total. The van der Waals surface area contributed by atoms with Crippen molar-refractivity contribution in [2.75, 3.05) is 15.9 Å². The van der Waals surface area contributed by atoms with Crippen molar-refractivity contribution in [3.05, 3.63) is 66.2 Å². The molecular weight excluding hydrogens is 440 g/mol. The fourth-order valence-corrected chi connectivity index (χ4v) is 5.78. The molecule has 0 spiro atoms. The molecule has 0 bridgehead atoms. The first-order chi connectivity index (χ1) is 14.4. The SMILES string of the molecule is CCC(C(=O)Nc1nnc(SCc2ccccc2)s1)N(c1ccccc1)S(C)(=O)=O. The van der Waals surface area contributed by atoms with E-state index in [1.165, 1.54) is 28.7 Å². The van der Waals surface area contributed by atoms with Crippen molar-refractivity contribution in [3.8, 4) is 0 Å². The lowest BCUT2D eigenvalue weighted by Gasteiger charge is -2.29. The van der Waals surface area contributed by atoms with Crippen LogP contribution in [0, 0.1) is 0 Å². The van der Waals surface area contributed by atoms with Crippen LogP contribution in [0.15, 0.2) is 65.0 Å². The molecule has 0 saturated heterocycles. The molecule has 3 aromatic rings. The van der Waals surface area contributed by atoms with Gasteiger partial charge in [-0.2, -0.15) is 0 Å². The number of thioether (sulfide) groups is 1. The highest BCUT2D eigenvalue weighted by molar-refractivity contribution is 8.00. The Morgan fingerprint density at radius 1 is 1.10 bits per heavy atom. The topological polar surface area (TPSA) is 92.3 Å². The summed E-state index contributed by atoms with van der Waals surface area (Å²) in [6.45, 7) is 1.77. The summed E-state index contributed by atoms with van der Waals surface area (Å²) < 4.78 is 26.7. The first kappa shape index (κ1) is 22.3. The van der Waals surface area contributed by atoms with Gasteiger partial charge >= 0.3 is 0 Å². The lowest BCUT2D eigenvalue weighted by atomic mass is 10.2. The summed E-state index contributed by atoms with van der Waals surface area (Å²) in [5.41, 5.74) is 1.61. The number of carbonyl (C=O) groups is 1. The summed E-state index contributed by atoms with van der Waals surface area (Å²) in [5, 5.41) is 11.2. The molecule has 1 atom stereocenters. The lowest BCUT2D eigenvalue weighted by molar-refractivity contribution is -0.117. The molecule has 1 unspecified atom stereocenters. The van der Waals surface area contributed by atoms with Crippen molar-refractivity contribution in [1.82, 2.24) is 10.2 Å². The van der Waals surface area contributed by atoms with E-state index in [9.17, 15) is 13.2 Å². The second-order valence-corrected chi connectivity index (χ2v) is 10.5. The monoisotopic (exact) mass is 462 g/mol. The molecule has 0 aliphatic rings. The van der Waals surface area contributed by atoms with Gasteiger partial charge < -0.3 is 0 Å². The fourth-order valence-electron chi connectivity index (χ4n) is 2.86. The quantitative estimate of drug-likeness (QED) is 0.381. The van der Waals surface area contributed by atoms with Gasteiger partial charge in [-0.05, 0) is 24.1 Å². The van der Waals surface area contributed by atoms with Crippen LogP contribution in [0.4, 0.5) is 10.8 Å². The first-order valence-electron chi connectivity index (χ1n) is 9.24. The molecule has 1 N–H and O–H groups in total. The minimum absolute atomic E-state index is 0.308. The zero-order valence-electron chi connectivity index (χ0n) is 16.6. The van der Waals surface area contributed by atoms with Crippen LogP contribution in [0.25, 0.3) is 0 Å². The van der Waals surface area contributed by atoms with E-state index in [2.05, 4.69) is 15.5 Å². The molecule has 0 aliphatic heterocycles. The highest BCUT2D eigenvalue weighted by Gasteiger charge is 2.31. The van der Waals surface area contributed by atoms with E-state index in [1.807, 2.05) is 30.3 Å². The molecule has 1 aromatic heterocycles. The van der Waals surface area contributed by atoms with Crippen LogP contribution >= 0.6 is 23.1 Å². The van der Waals surface area contributed by atoms with Crippen LogP contribution in [0.2, 0.25) is 0 Å². The van der Waals surface area contributed by atoms with E-state index in [0.29, 0.717) is 17.2 Å². The van der Waals surface area contributed by atoms with Crippen LogP contribution in [0.3, 0.4) is 0 Å². The third-order valence-corrected chi connectivity index (χ3v) is 7.41. The summed E-state index contributed by atoms with van der Waals surface area (Å²) in [7, 11) is -3.66. The van der Waals surface area contributed by atoms with Crippen molar-refractivity contribution >= 4 is 49.8 Å². The number of aromatic nitrogens is 2. The number of hydrogen-bond donors (Lipinski definition) is 1. The van der Waals surface area contributed by atoms with Crippen molar-refractivity contribution < 1.29 is 13.2 Å². The Kier molecular flexibility index (Phi) is 7.46. The van der Waals surface area contributed by atoms with Crippen molar-refractivity contribution in [2.24, 2.45) is 0 Å². The summed E-state index contributed by atoms with van der Waals surface area (Å²) in [4.78, 5) is 12.9. The Balaban J connectivity index is 1.71. The third kappa shape index (κ3) is 5.80. The standard InChI is InChI=1S/C20H22N4O3S3/c1-3-17(24(30(2,26)27)16-12-8-5-9-13-16)18(25)21-19-22-23-20(29-19)28-14-15-10-6-4-7-11-15/h4-13,17H,3,14H2,1-2H3,(H,21,22,25). The Hall–Kier alpha value is -2.43. The fraction of sp³-hybridized carbons (Fsp3) is 0.250. The van der Waals surface area contributed by atoms with Crippen molar-refractivity contribution in [2.45, 2.75) is 29.5 Å². The summed E-state index contributed by atoms with van der Waals surface area (Å²) in [5.74, 6) is 0.305. The number of nitrogens with zero attached hydrogens (tertiary/aromatic N) is 3. The van der Waals surface area contributed by atoms with Crippen LogP contribution in [0.1, 0.15) is 18.9 Å². The van der Waals surface area contributed by atoms with Crippen LogP contribution in [-0.2, 0) is 20.6 Å². The molecule has 0 fully saturated rings. The van der Waals surface area contributed by atoms with Gasteiger partial charge in [0, 0.05) is 5.75 Å². The molecule has 3 rings (SSSR count). The van der Waals surface area contributed by atoms with Gasteiger partial charge in [0.15, 0.2) is 4.34 Å². The number of hydrogen-bond acceptors (Lipinski definition) is 7. The number of sulfonamides is 1. The van der Waals surface area contributed by atoms with Gasteiger partial charge in [0.25, 0.3) is 0 Å². The van der Waals surface area contributed by atoms with Gasteiger partial charge in [-0.25, -0.2) is 8.42 Å². The third-order valence-electron chi connectivity index (χ3n) is 4.18. The predicted octanol–water partition coefficient (Wildman–Crippen LogP) is 4.01. The van der Waals surface area contributed by atoms with E-state index in [-0.39, 0.29) is 0 Å². The Labute approximate surface area is 184 Å². The number of rotatable bonds is 9. The minimum Gasteiger partial charge on any atom is -0.299 e. The number of benzene rings is 2. The smallest absolute Gasteiger partial charge is 0.250 e. The van der Waals surface area contributed by atoms with Gasteiger partial charge in [-0.1, -0.05) is 78.6 Å². The van der Waals surface area contributed by atoms with E-state index < -0.39 is 22.0 Å². The number of anilines is 2. The largest absolute Gasteiger partial charge is 0.299 e. The maximum atomic E-state index is 12.9. The second-order valence-electron chi connectivity index (χ2n) is 6.46. The summed E-state index contributed by atoms with van der Waals surface area (Å²) in [6, 6.07) is 17.7. The highest BCUT2D eigenvalue weighted by atomic mass is 32.2. The van der Waals surface area contributed by atoms with Crippen LogP contribution in [-0.4, -0.2) is 36.8 Å². The lowest BCUT2D eigenvalue weighted by Crippen LogP contribution is -2.46. The van der Waals surface area contributed by atoms with Crippen molar-refractivity contribution in [1.29, 1.82) is 0 Å². The molecule has 0 saturated carbocycles. The maximum absolute atomic E-state index is 12.9. The molecule has 0 radical (unpaired) electrons. The highest BCUT2D eigenvalue weighted by Crippen LogP contribution is 2.29. The minimum atomic E-state index is -3.66. The number of para-hydroxylation sites is 1. The van der Waals surface area contributed by atoms with Gasteiger partial charge in [-0.15, -0.1) is 10.2 Å². The van der Waals surface area contributed by atoms with Gasteiger partial charge in [-0.3, -0.25) is 14.4 Å². The maximum Gasteiger partial charge on any atom is 0.250 e. The summed E-state index contributed by atoms with van der Waals surface area (Å²) >= 11 is 2.79. The van der Waals surface area contributed by atoms with E-state index >= 15 is 0 Å². The predicted molar refractivity (Wildman–Crippen MR) is 122 cm³/mol. The van der Waals surface area contributed by atoms with E-state index in [4.69, 9.17) is 0 Å². The average Bonchev–Trinajstić information content (AvgIpc) is 3.18. The number of amides is 1. The Morgan fingerprint density at radius 2 is 1.73 bits per heavy atom. The molecule has 30 heavy (non-hydrogen) atoms. The zero-order valence-corrected chi connectivity index (χ0v) is 19.0. The van der Waals surface area contributed by atoms with Crippen LogP contribution in [0.5, 0.6) is 0 Å². The van der Waals surface area contributed by atoms with Crippen molar-refractivity contribution in [3.63, 3.8) is 0 Å². The molecule has 1 heterocycles. The second kappa shape index (κ2) is 10.1.